The Kier molecular flexibility index (Phi) is 3.49. The number of thiazole rings is 1. The lowest BCUT2D eigenvalue weighted by atomic mass is 10.0. The van der Waals surface area contributed by atoms with Crippen LogP contribution in [0.25, 0.3) is 0 Å². The average molecular weight is 282 g/mol. The number of hydrogen-bond acceptors (Lipinski definition) is 5. The van der Waals surface area contributed by atoms with E-state index in [-0.39, 0.29) is 5.91 Å². The van der Waals surface area contributed by atoms with E-state index in [1.165, 1.54) is 16.2 Å². The highest BCUT2D eigenvalue weighted by molar-refractivity contribution is 7.13. The molecule has 19 heavy (non-hydrogen) atoms. The van der Waals surface area contributed by atoms with Crippen LogP contribution in [0.3, 0.4) is 0 Å². The fraction of sp³-hybridized carbons (Fsp3) is 0.583. The second kappa shape index (κ2) is 4.80. The van der Waals surface area contributed by atoms with Crippen LogP contribution >= 0.6 is 11.3 Å². The zero-order valence-corrected chi connectivity index (χ0v) is 11.9. The summed E-state index contributed by atoms with van der Waals surface area (Å²) in [7, 11) is 0. The van der Waals surface area contributed by atoms with Crippen molar-refractivity contribution >= 4 is 28.5 Å². The van der Waals surface area contributed by atoms with Gasteiger partial charge in [0.15, 0.2) is 5.13 Å². The summed E-state index contributed by atoms with van der Waals surface area (Å²) in [5, 5.41) is 13.7. The molecule has 2 heterocycles. The van der Waals surface area contributed by atoms with Crippen molar-refractivity contribution in [2.24, 2.45) is 0 Å². The molecule has 0 unspecified atom stereocenters. The number of amides is 2. The van der Waals surface area contributed by atoms with Gasteiger partial charge in [0.05, 0.1) is 0 Å². The highest BCUT2D eigenvalue weighted by Crippen LogP contribution is 2.29. The van der Waals surface area contributed by atoms with Gasteiger partial charge in [-0.25, -0.2) is 4.98 Å². The fourth-order valence-corrected chi connectivity index (χ4v) is 2.99. The third kappa shape index (κ3) is 2.56. The van der Waals surface area contributed by atoms with Crippen LogP contribution in [-0.4, -0.2) is 40.0 Å². The number of anilines is 1. The van der Waals surface area contributed by atoms with Gasteiger partial charge in [-0.05, 0) is 27.2 Å². The van der Waals surface area contributed by atoms with Crippen LogP contribution in [0.4, 0.5) is 9.93 Å². The maximum Gasteiger partial charge on any atom is 0.251 e. The van der Waals surface area contributed by atoms with Gasteiger partial charge < -0.3 is 14.8 Å². The Morgan fingerprint density at radius 3 is 2.74 bits per heavy atom. The van der Waals surface area contributed by atoms with Gasteiger partial charge in [0, 0.05) is 23.7 Å². The molecule has 0 bridgehead atoms. The molecule has 1 aliphatic heterocycles. The Balaban J connectivity index is 2.23. The summed E-state index contributed by atoms with van der Waals surface area (Å²) in [6.45, 7) is 5.74. The van der Waals surface area contributed by atoms with Crippen LogP contribution in [0, 0.1) is 0 Å². The molecule has 1 fully saturated rings. The summed E-state index contributed by atoms with van der Waals surface area (Å²) in [5.74, 6) is -0.228. The van der Waals surface area contributed by atoms with E-state index in [0.29, 0.717) is 18.1 Å². The second-order valence-corrected chi connectivity index (χ2v) is 6.29. The number of nitrogens with zero attached hydrogens (tertiary/aromatic N) is 3. The number of rotatable bonds is 2. The van der Waals surface area contributed by atoms with Gasteiger partial charge in [-0.15, -0.1) is 11.3 Å². The minimum Gasteiger partial charge on any atom is -0.530 e. The van der Waals surface area contributed by atoms with Crippen LogP contribution in [0.2, 0.25) is 0 Å². The molecule has 0 N–H and O–H groups in total. The van der Waals surface area contributed by atoms with Crippen molar-refractivity contribution < 1.29 is 14.7 Å². The first-order chi connectivity index (χ1) is 8.82. The van der Waals surface area contributed by atoms with Crippen LogP contribution in [0.15, 0.2) is 11.6 Å². The molecule has 1 aromatic rings. The van der Waals surface area contributed by atoms with E-state index in [1.807, 2.05) is 0 Å². The summed E-state index contributed by atoms with van der Waals surface area (Å²) in [6, 6.07) is -0.686. The molecular weight excluding hydrogens is 266 g/mol. The van der Waals surface area contributed by atoms with Crippen LogP contribution in [0.1, 0.15) is 27.2 Å². The van der Waals surface area contributed by atoms with E-state index in [1.54, 1.807) is 32.3 Å². The standard InChI is InChI=1S/C12H17N3O3S/c1-12(2,3)15(11(17)18)8-4-6-14(9(8)16)10-13-5-7-19-10/h5,7-8H,4,6H2,1-3H3,(H,17,18)/p-1/t8-/m0/s1. The second-order valence-electron chi connectivity index (χ2n) is 5.42. The van der Waals surface area contributed by atoms with E-state index < -0.39 is 17.7 Å². The topological polar surface area (TPSA) is 76.6 Å². The average Bonchev–Trinajstić information content (AvgIpc) is 2.87. The van der Waals surface area contributed by atoms with Crippen LogP contribution < -0.4 is 10.0 Å². The highest BCUT2D eigenvalue weighted by Gasteiger charge is 2.41. The number of aromatic nitrogens is 1. The van der Waals surface area contributed by atoms with E-state index >= 15 is 0 Å². The predicted octanol–water partition coefficient (Wildman–Crippen LogP) is 0.692. The normalized spacial score (nSPS) is 19.8. The third-order valence-electron chi connectivity index (χ3n) is 3.06. The van der Waals surface area contributed by atoms with Gasteiger partial charge in [-0.2, -0.15) is 0 Å². The molecular formula is C12H16N3O3S-. The molecule has 0 radical (unpaired) electrons. The van der Waals surface area contributed by atoms with Crippen molar-refractivity contribution in [3.8, 4) is 0 Å². The molecule has 7 heteroatoms. The number of carbonyl (C=O) groups is 2. The van der Waals surface area contributed by atoms with Crippen molar-refractivity contribution in [3.05, 3.63) is 11.6 Å². The molecule has 1 aromatic heterocycles. The Bertz CT molecular complexity index is 481. The van der Waals surface area contributed by atoms with E-state index in [9.17, 15) is 14.7 Å². The first-order valence-electron chi connectivity index (χ1n) is 6.03. The summed E-state index contributed by atoms with van der Waals surface area (Å²) in [4.78, 5) is 30.4. The molecule has 0 saturated carbocycles. The van der Waals surface area contributed by atoms with Crippen molar-refractivity contribution in [2.45, 2.75) is 38.8 Å². The first kappa shape index (κ1) is 13.8. The van der Waals surface area contributed by atoms with Crippen LogP contribution in [-0.2, 0) is 4.79 Å². The minimum absolute atomic E-state index is 0.228. The van der Waals surface area contributed by atoms with Crippen molar-refractivity contribution in [3.63, 3.8) is 0 Å². The molecule has 0 aliphatic carbocycles. The van der Waals surface area contributed by atoms with Crippen LogP contribution in [0.5, 0.6) is 0 Å². The monoisotopic (exact) mass is 282 g/mol. The first-order valence-corrected chi connectivity index (χ1v) is 6.91. The van der Waals surface area contributed by atoms with Gasteiger partial charge in [0.25, 0.3) is 5.91 Å². The number of hydrogen-bond donors (Lipinski definition) is 0. The zero-order valence-electron chi connectivity index (χ0n) is 11.1. The fourth-order valence-electron chi connectivity index (χ4n) is 2.31. The summed E-state index contributed by atoms with van der Waals surface area (Å²) >= 11 is 1.37. The van der Waals surface area contributed by atoms with E-state index in [0.717, 1.165) is 4.90 Å². The molecule has 104 valence electrons. The third-order valence-corrected chi connectivity index (χ3v) is 3.85. The molecule has 1 aliphatic rings. The molecule has 2 amide bonds. The van der Waals surface area contributed by atoms with Crippen molar-refractivity contribution in [1.29, 1.82) is 0 Å². The summed E-state index contributed by atoms with van der Waals surface area (Å²) in [6.07, 6.45) is 0.775. The zero-order chi connectivity index (χ0) is 14.2. The lowest BCUT2D eigenvalue weighted by Gasteiger charge is -2.41. The molecule has 0 spiro atoms. The Morgan fingerprint density at radius 1 is 1.58 bits per heavy atom. The number of carbonyl (C=O) groups excluding carboxylic acids is 2. The highest BCUT2D eigenvalue weighted by atomic mass is 32.1. The minimum atomic E-state index is -1.31. The lowest BCUT2D eigenvalue weighted by molar-refractivity contribution is -0.272. The Morgan fingerprint density at radius 2 is 2.26 bits per heavy atom. The number of carboxylic acid groups (broad SMARTS) is 1. The molecule has 2 rings (SSSR count). The van der Waals surface area contributed by atoms with Crippen molar-refractivity contribution in [2.75, 3.05) is 11.4 Å². The lowest BCUT2D eigenvalue weighted by Crippen LogP contribution is -2.58. The van der Waals surface area contributed by atoms with Gasteiger partial charge in [0.1, 0.15) is 12.1 Å². The Hall–Kier alpha value is -1.63. The molecule has 1 atom stereocenters. The molecule has 0 aromatic carbocycles. The van der Waals surface area contributed by atoms with Gasteiger partial charge in [-0.3, -0.25) is 9.69 Å². The largest absolute Gasteiger partial charge is 0.530 e. The quantitative estimate of drug-likeness (QED) is 0.799. The van der Waals surface area contributed by atoms with Gasteiger partial charge >= 0.3 is 0 Å². The van der Waals surface area contributed by atoms with Gasteiger partial charge in [0.2, 0.25) is 0 Å². The predicted molar refractivity (Wildman–Crippen MR) is 69.9 cm³/mol. The summed E-state index contributed by atoms with van der Waals surface area (Å²) in [5.41, 5.74) is -0.669. The molecule has 6 nitrogen and oxygen atoms in total. The van der Waals surface area contributed by atoms with E-state index in [2.05, 4.69) is 4.98 Å². The van der Waals surface area contributed by atoms with E-state index in [4.69, 9.17) is 0 Å². The maximum absolute atomic E-state index is 12.4. The van der Waals surface area contributed by atoms with Gasteiger partial charge in [-0.1, -0.05) is 0 Å². The summed E-state index contributed by atoms with van der Waals surface area (Å²) < 4.78 is 0. The SMILES string of the molecule is CC(C)(C)N(C(=O)[O-])[C@H]1CCN(c2nccs2)C1=O. The maximum atomic E-state index is 12.4. The molecule has 1 saturated heterocycles. The van der Waals surface area contributed by atoms with Crippen molar-refractivity contribution in [1.82, 2.24) is 9.88 Å². The smallest absolute Gasteiger partial charge is 0.251 e. The Labute approximate surface area is 115 Å².